The molecule has 3 aliphatic rings. The minimum absolute atomic E-state index is 0.0416. The lowest BCUT2D eigenvalue weighted by Gasteiger charge is -2.43. The molecule has 0 bridgehead atoms. The van der Waals surface area contributed by atoms with Crippen LogP contribution in [0.1, 0.15) is 36.3 Å². The number of amides is 4. The number of carbonyl (C=O) groups is 3. The molecule has 0 saturated carbocycles. The van der Waals surface area contributed by atoms with Gasteiger partial charge in [-0.15, -0.1) is 0 Å². The summed E-state index contributed by atoms with van der Waals surface area (Å²) in [5.74, 6) is 0.348. The highest BCUT2D eigenvalue weighted by atomic mass is 16.2. The number of anilines is 3. The van der Waals surface area contributed by atoms with Crippen molar-refractivity contribution >= 4 is 35.2 Å². The van der Waals surface area contributed by atoms with E-state index in [0.717, 1.165) is 26.1 Å². The molecule has 11 heteroatoms. The number of hydrogen-bond acceptors (Lipinski definition) is 6. The van der Waals surface area contributed by atoms with Crippen LogP contribution < -0.4 is 20.4 Å². The summed E-state index contributed by atoms with van der Waals surface area (Å²) < 4.78 is 1.56. The second-order valence-electron chi connectivity index (χ2n) is 11.4. The number of nitrogens with one attached hydrogen (secondary N) is 2. The summed E-state index contributed by atoms with van der Waals surface area (Å²) in [5, 5.41) is 10.4. The van der Waals surface area contributed by atoms with Crippen LogP contribution >= 0.6 is 0 Å². The fourth-order valence-corrected chi connectivity index (χ4v) is 5.69. The molecule has 3 fully saturated rings. The maximum atomic E-state index is 13.2. The zero-order valence-corrected chi connectivity index (χ0v) is 22.3. The topological polar surface area (TPSA) is 116 Å². The third-order valence-corrected chi connectivity index (χ3v) is 7.69. The Hall–Kier alpha value is -4.25. The van der Waals surface area contributed by atoms with Gasteiger partial charge >= 0.3 is 6.03 Å². The highest BCUT2D eigenvalue weighted by Crippen LogP contribution is 2.38. The standard InChI is InChI=1S/C28H32N8O3/c1-27(2)16-36(25(27)38)23-21(15-33(3)32-23)30-24(37)20-10-7-11-22(29-20)35-18-28(31-26(35)39)12-13-34(17-28)14-19-8-5-4-6-9-19/h4-11,15H,12-14,16-18H2,1-3H3,(H,30,37)(H,31,39). The lowest BCUT2D eigenvalue weighted by atomic mass is 9.83. The Balaban J connectivity index is 1.15. The monoisotopic (exact) mass is 528 g/mol. The summed E-state index contributed by atoms with van der Waals surface area (Å²) in [5.41, 5.74) is 1.05. The van der Waals surface area contributed by atoms with Crippen molar-refractivity contribution in [2.24, 2.45) is 12.5 Å². The van der Waals surface area contributed by atoms with Gasteiger partial charge in [-0.05, 0) is 38.0 Å². The average molecular weight is 529 g/mol. The summed E-state index contributed by atoms with van der Waals surface area (Å²) in [6.07, 6.45) is 2.51. The number of pyridine rings is 1. The third-order valence-electron chi connectivity index (χ3n) is 7.69. The van der Waals surface area contributed by atoms with E-state index < -0.39 is 11.3 Å². The Bertz CT molecular complexity index is 1450. The molecule has 11 nitrogen and oxygen atoms in total. The molecule has 3 aromatic rings. The third kappa shape index (κ3) is 4.63. The van der Waals surface area contributed by atoms with Crippen LogP contribution in [-0.4, -0.2) is 69.2 Å². The second-order valence-corrected chi connectivity index (χ2v) is 11.4. The van der Waals surface area contributed by atoms with Crippen LogP contribution in [0.25, 0.3) is 0 Å². The quantitative estimate of drug-likeness (QED) is 0.476. The van der Waals surface area contributed by atoms with Crippen molar-refractivity contribution in [3.8, 4) is 0 Å². The van der Waals surface area contributed by atoms with Gasteiger partial charge in [-0.25, -0.2) is 9.78 Å². The van der Waals surface area contributed by atoms with E-state index in [1.54, 1.807) is 45.9 Å². The van der Waals surface area contributed by atoms with Crippen LogP contribution in [0.4, 0.5) is 22.1 Å². The molecule has 4 amide bonds. The van der Waals surface area contributed by atoms with Gasteiger partial charge in [-0.3, -0.25) is 29.0 Å². The summed E-state index contributed by atoms with van der Waals surface area (Å²) in [4.78, 5) is 48.8. The Labute approximate surface area is 226 Å². The molecule has 3 saturated heterocycles. The van der Waals surface area contributed by atoms with Gasteiger partial charge in [-0.2, -0.15) is 5.10 Å². The average Bonchev–Trinajstić information content (AvgIpc) is 3.58. The predicted octanol–water partition coefficient (Wildman–Crippen LogP) is 2.61. The lowest BCUT2D eigenvalue weighted by Crippen LogP contribution is -2.59. The van der Waals surface area contributed by atoms with Gasteiger partial charge in [0.1, 0.15) is 17.2 Å². The number of hydrogen-bond donors (Lipinski definition) is 2. The molecule has 202 valence electrons. The summed E-state index contributed by atoms with van der Waals surface area (Å²) in [7, 11) is 1.74. The first kappa shape index (κ1) is 25.1. The SMILES string of the molecule is Cn1cc(NC(=O)c2cccc(N3CC4(CCN(Cc5ccccc5)C4)NC3=O)n2)c(N2CC(C)(C)C2=O)n1. The number of carbonyl (C=O) groups excluding carboxylic acids is 3. The molecule has 2 aromatic heterocycles. The van der Waals surface area contributed by atoms with Crippen LogP contribution in [0.2, 0.25) is 0 Å². The summed E-state index contributed by atoms with van der Waals surface area (Å²) in [6.45, 7) is 7.25. The minimum atomic E-state index is -0.444. The van der Waals surface area contributed by atoms with Crippen molar-refractivity contribution in [3.05, 3.63) is 66.0 Å². The highest BCUT2D eigenvalue weighted by molar-refractivity contribution is 6.09. The number of nitrogens with zero attached hydrogens (tertiary/aromatic N) is 6. The van der Waals surface area contributed by atoms with E-state index in [2.05, 4.69) is 37.7 Å². The van der Waals surface area contributed by atoms with Gasteiger partial charge in [-0.1, -0.05) is 36.4 Å². The Morgan fingerprint density at radius 1 is 1.03 bits per heavy atom. The first-order valence-corrected chi connectivity index (χ1v) is 13.1. The van der Waals surface area contributed by atoms with Gasteiger partial charge in [0, 0.05) is 33.2 Å². The molecule has 0 aliphatic carbocycles. The minimum Gasteiger partial charge on any atom is -0.329 e. The van der Waals surface area contributed by atoms with Crippen LogP contribution in [-0.2, 0) is 18.4 Å². The van der Waals surface area contributed by atoms with Crippen LogP contribution in [0.3, 0.4) is 0 Å². The van der Waals surface area contributed by atoms with E-state index in [4.69, 9.17) is 0 Å². The molecule has 1 unspecified atom stereocenters. The molecular weight excluding hydrogens is 496 g/mol. The fraction of sp³-hybridized carbons (Fsp3) is 0.393. The molecule has 5 heterocycles. The normalized spacial score (nSPS) is 22.3. The van der Waals surface area contributed by atoms with Gasteiger partial charge < -0.3 is 10.6 Å². The van der Waals surface area contributed by atoms with E-state index >= 15 is 0 Å². The number of benzene rings is 1. The van der Waals surface area contributed by atoms with Gasteiger partial charge in [0.05, 0.1) is 23.7 Å². The zero-order chi connectivity index (χ0) is 27.4. The molecular formula is C28H32N8O3. The van der Waals surface area contributed by atoms with Gasteiger partial charge in [0.15, 0.2) is 5.82 Å². The summed E-state index contributed by atoms with van der Waals surface area (Å²) >= 11 is 0. The molecule has 1 atom stereocenters. The molecule has 3 aliphatic heterocycles. The number of urea groups is 1. The van der Waals surface area contributed by atoms with E-state index in [9.17, 15) is 14.4 Å². The van der Waals surface area contributed by atoms with E-state index in [0.29, 0.717) is 30.4 Å². The van der Waals surface area contributed by atoms with Crippen molar-refractivity contribution in [3.63, 3.8) is 0 Å². The van der Waals surface area contributed by atoms with Gasteiger partial charge in [0.2, 0.25) is 5.91 Å². The van der Waals surface area contributed by atoms with E-state index in [1.807, 2.05) is 32.0 Å². The van der Waals surface area contributed by atoms with Crippen LogP contribution in [0, 0.1) is 5.41 Å². The number of β-lactam (4-membered cyclic amide) rings is 1. The van der Waals surface area contributed by atoms with Crippen molar-refractivity contribution in [1.29, 1.82) is 0 Å². The molecule has 6 rings (SSSR count). The fourth-order valence-electron chi connectivity index (χ4n) is 5.69. The molecule has 2 N–H and O–H groups in total. The second kappa shape index (κ2) is 9.19. The smallest absolute Gasteiger partial charge is 0.323 e. The first-order valence-electron chi connectivity index (χ1n) is 13.1. The van der Waals surface area contributed by atoms with Gasteiger partial charge in [0.25, 0.3) is 5.91 Å². The molecule has 1 aromatic carbocycles. The predicted molar refractivity (Wildman–Crippen MR) is 146 cm³/mol. The van der Waals surface area contributed by atoms with Crippen molar-refractivity contribution < 1.29 is 14.4 Å². The maximum Gasteiger partial charge on any atom is 0.323 e. The van der Waals surface area contributed by atoms with Crippen LogP contribution in [0.5, 0.6) is 0 Å². The zero-order valence-electron chi connectivity index (χ0n) is 22.3. The van der Waals surface area contributed by atoms with Crippen LogP contribution in [0.15, 0.2) is 54.7 Å². The van der Waals surface area contributed by atoms with Crippen molar-refractivity contribution in [1.82, 2.24) is 25.0 Å². The van der Waals surface area contributed by atoms with E-state index in [1.165, 1.54) is 5.56 Å². The Morgan fingerprint density at radius 3 is 2.56 bits per heavy atom. The van der Waals surface area contributed by atoms with Crippen molar-refractivity contribution in [2.45, 2.75) is 32.4 Å². The maximum absolute atomic E-state index is 13.2. The first-order chi connectivity index (χ1) is 18.6. The summed E-state index contributed by atoms with van der Waals surface area (Å²) in [6, 6.07) is 15.2. The molecule has 0 radical (unpaired) electrons. The lowest BCUT2D eigenvalue weighted by molar-refractivity contribution is -0.132. The molecule has 1 spiro atoms. The highest BCUT2D eigenvalue weighted by Gasteiger charge is 2.48. The number of rotatable bonds is 6. The van der Waals surface area contributed by atoms with E-state index in [-0.39, 0.29) is 23.2 Å². The number of aromatic nitrogens is 3. The number of aryl methyl sites for hydroxylation is 1. The van der Waals surface area contributed by atoms with Crippen molar-refractivity contribution in [2.75, 3.05) is 41.3 Å². The largest absolute Gasteiger partial charge is 0.329 e. The number of likely N-dealkylation sites (tertiary alicyclic amines) is 1. The molecule has 39 heavy (non-hydrogen) atoms. The Morgan fingerprint density at radius 2 is 1.82 bits per heavy atom. The Kier molecular flexibility index (Phi) is 5.91.